The molecule has 1 aromatic carbocycles. The minimum atomic E-state index is -2.34. The molecule has 0 saturated carbocycles. The highest BCUT2D eigenvalue weighted by Gasteiger charge is 2.57. The number of fused-ring (bicyclic) bond motifs is 6. The van der Waals surface area contributed by atoms with E-state index in [-0.39, 0.29) is 67.1 Å². The number of amides is 1. The molecule has 5 rings (SSSR count). The number of anilines is 1. The third-order valence-electron chi connectivity index (χ3n) is 10.6. The van der Waals surface area contributed by atoms with Gasteiger partial charge in [-0.25, -0.2) is 9.59 Å². The van der Waals surface area contributed by atoms with Crippen molar-refractivity contribution in [3.8, 4) is 0 Å². The SMILES string of the molecule is COC(=O)/C=C1\C[C@H]2C[C@H](CO)OC(=O)C[C@H](O)C[C@@H]3CCC[C@H](C[C@@H]4CCC[C@H](/C=C\C(C)(C)[C@](O)(O2)[C@H]1OC(=O)c1cccc(NC(C)=O)c1)O4)O3. The predicted molar refractivity (Wildman–Crippen MR) is 194 cm³/mol. The van der Waals surface area contributed by atoms with Gasteiger partial charge in [0.05, 0.1) is 62.3 Å². The van der Waals surface area contributed by atoms with E-state index in [1.807, 2.05) is 6.08 Å². The molecule has 54 heavy (non-hydrogen) atoms. The van der Waals surface area contributed by atoms with Gasteiger partial charge in [0.2, 0.25) is 11.7 Å². The number of nitrogens with one attached hydrogen (secondary N) is 1. The number of esters is 3. The van der Waals surface area contributed by atoms with Gasteiger partial charge in [0.25, 0.3) is 0 Å². The van der Waals surface area contributed by atoms with Gasteiger partial charge in [-0.3, -0.25) is 9.59 Å². The third-order valence-corrected chi connectivity index (χ3v) is 10.6. The lowest BCUT2D eigenvalue weighted by Crippen LogP contribution is -2.62. The largest absolute Gasteiger partial charge is 0.466 e. The average molecular weight is 758 g/mol. The number of rotatable bonds is 5. The van der Waals surface area contributed by atoms with Crippen molar-refractivity contribution in [3.63, 3.8) is 0 Å². The number of hydrogen-bond acceptors (Lipinski definition) is 13. The van der Waals surface area contributed by atoms with E-state index in [9.17, 15) is 34.5 Å². The summed E-state index contributed by atoms with van der Waals surface area (Å²) in [5.74, 6) is -5.04. The first-order chi connectivity index (χ1) is 25.7. The number of carbonyl (C=O) groups excluding carboxylic acids is 4. The number of ether oxygens (including phenoxy) is 6. The van der Waals surface area contributed by atoms with Crippen LogP contribution in [0.2, 0.25) is 0 Å². The second kappa shape index (κ2) is 18.3. The highest BCUT2D eigenvalue weighted by atomic mass is 16.7. The molecule has 14 nitrogen and oxygen atoms in total. The molecular formula is C40H55NO13. The molecule has 0 aliphatic carbocycles. The Bertz CT molecular complexity index is 1560. The van der Waals surface area contributed by atoms with Crippen LogP contribution in [0.15, 0.2) is 48.1 Å². The van der Waals surface area contributed by atoms with Crippen LogP contribution in [-0.2, 0) is 42.8 Å². The summed E-state index contributed by atoms with van der Waals surface area (Å²) in [6.45, 7) is 4.15. The Morgan fingerprint density at radius 3 is 2.39 bits per heavy atom. The van der Waals surface area contributed by atoms with E-state index in [2.05, 4.69) is 5.32 Å². The van der Waals surface area contributed by atoms with Crippen LogP contribution in [0.3, 0.4) is 0 Å². The molecule has 4 aliphatic rings. The van der Waals surface area contributed by atoms with Crippen LogP contribution in [0.5, 0.6) is 0 Å². The normalized spacial score (nSPS) is 34.8. The molecule has 9 atom stereocenters. The van der Waals surface area contributed by atoms with Crippen LogP contribution in [0.4, 0.5) is 5.69 Å². The van der Waals surface area contributed by atoms with Gasteiger partial charge < -0.3 is 49.1 Å². The summed E-state index contributed by atoms with van der Waals surface area (Å²) in [7, 11) is 1.19. The van der Waals surface area contributed by atoms with Crippen molar-refractivity contribution in [1.29, 1.82) is 0 Å². The lowest BCUT2D eigenvalue weighted by Gasteiger charge is -2.51. The Hall–Kier alpha value is -3.66. The van der Waals surface area contributed by atoms with E-state index in [0.717, 1.165) is 44.6 Å². The van der Waals surface area contributed by atoms with Gasteiger partial charge in [-0.2, -0.15) is 0 Å². The molecule has 14 heteroatoms. The number of cyclic esters (lactones) is 1. The number of hydrogen-bond donors (Lipinski definition) is 4. The topological polar surface area (TPSA) is 196 Å². The minimum absolute atomic E-state index is 0.0564. The molecule has 1 aromatic rings. The predicted octanol–water partition coefficient (Wildman–Crippen LogP) is 4.04. The van der Waals surface area contributed by atoms with Crippen molar-refractivity contribution in [1.82, 2.24) is 0 Å². The zero-order chi connectivity index (χ0) is 39.0. The van der Waals surface area contributed by atoms with E-state index >= 15 is 0 Å². The Balaban J connectivity index is 1.52. The summed E-state index contributed by atoms with van der Waals surface area (Å²) in [6.07, 6.45) is 5.03. The molecule has 4 aliphatic heterocycles. The molecular weight excluding hydrogens is 702 g/mol. The van der Waals surface area contributed by atoms with Crippen LogP contribution >= 0.6 is 0 Å². The van der Waals surface area contributed by atoms with Crippen molar-refractivity contribution in [2.24, 2.45) is 5.41 Å². The van der Waals surface area contributed by atoms with Crippen LogP contribution < -0.4 is 5.32 Å². The highest BCUT2D eigenvalue weighted by Crippen LogP contribution is 2.47. The molecule has 1 amide bonds. The summed E-state index contributed by atoms with van der Waals surface area (Å²) in [6, 6.07) is 6.08. The van der Waals surface area contributed by atoms with Crippen molar-refractivity contribution in [3.05, 3.63) is 53.6 Å². The third kappa shape index (κ3) is 10.8. The van der Waals surface area contributed by atoms with Gasteiger partial charge >= 0.3 is 17.9 Å². The quantitative estimate of drug-likeness (QED) is 0.146. The zero-order valence-corrected chi connectivity index (χ0v) is 31.6. The summed E-state index contributed by atoms with van der Waals surface area (Å²) in [4.78, 5) is 51.3. The zero-order valence-electron chi connectivity index (χ0n) is 31.6. The van der Waals surface area contributed by atoms with Gasteiger partial charge in [-0.05, 0) is 75.1 Å². The fourth-order valence-corrected chi connectivity index (χ4v) is 7.80. The van der Waals surface area contributed by atoms with Crippen molar-refractivity contribution in [2.45, 2.75) is 146 Å². The average Bonchev–Trinajstić information content (AvgIpc) is 3.11. The van der Waals surface area contributed by atoms with E-state index in [1.165, 1.54) is 26.2 Å². The van der Waals surface area contributed by atoms with E-state index in [4.69, 9.17) is 28.4 Å². The van der Waals surface area contributed by atoms with Crippen LogP contribution in [0.25, 0.3) is 0 Å². The number of methoxy groups -OCH3 is 1. The lowest BCUT2D eigenvalue weighted by molar-refractivity contribution is -0.324. The molecule has 0 aromatic heterocycles. The number of carbonyl (C=O) groups is 4. The fourth-order valence-electron chi connectivity index (χ4n) is 7.80. The first-order valence-electron chi connectivity index (χ1n) is 18.9. The molecule has 4 heterocycles. The molecule has 4 N–H and O–H groups in total. The van der Waals surface area contributed by atoms with E-state index < -0.39 is 60.1 Å². The van der Waals surface area contributed by atoms with Crippen LogP contribution in [0.1, 0.15) is 102 Å². The summed E-state index contributed by atoms with van der Waals surface area (Å²) < 4.78 is 35.9. The highest BCUT2D eigenvalue weighted by molar-refractivity contribution is 5.94. The van der Waals surface area contributed by atoms with Gasteiger partial charge in [-0.1, -0.05) is 32.1 Å². The second-order valence-electron chi connectivity index (χ2n) is 15.4. The second-order valence-corrected chi connectivity index (χ2v) is 15.4. The summed E-state index contributed by atoms with van der Waals surface area (Å²) in [5.41, 5.74) is -0.746. The molecule has 3 fully saturated rings. The molecule has 0 unspecified atom stereocenters. The molecule has 0 spiro atoms. The molecule has 0 radical (unpaired) electrons. The standard InChI is InChI=1S/C40H55NO13/c1-24(43)41-27-9-5-8-25(16-27)38(47)53-37-26(18-35(45)49-4)17-33-22-34(23-42)52-36(46)20-28(44)19-30-11-7-13-32(51-30)21-31-12-6-10-29(50-31)14-15-39(2,3)40(37,48)54-33/h5,8-9,14-16,18,28-34,37,42,44,48H,6-7,10-13,17,19-23H2,1-4H3,(H,41,43)/b15-14-,26-18+/t28-,29-,30+,31+,32-,33+,34-,37+,40-/m1/s1. The summed E-state index contributed by atoms with van der Waals surface area (Å²) >= 11 is 0. The maximum Gasteiger partial charge on any atom is 0.339 e. The first-order valence-corrected chi connectivity index (χ1v) is 18.9. The first kappa shape index (κ1) is 41.5. The van der Waals surface area contributed by atoms with Gasteiger partial charge in [-0.15, -0.1) is 0 Å². The van der Waals surface area contributed by atoms with Crippen LogP contribution in [0, 0.1) is 5.41 Å². The number of benzene rings is 1. The molecule has 3 saturated heterocycles. The van der Waals surface area contributed by atoms with Gasteiger partial charge in [0, 0.05) is 36.9 Å². The van der Waals surface area contributed by atoms with Crippen LogP contribution in [-0.4, -0.2) is 107 Å². The molecule has 298 valence electrons. The van der Waals surface area contributed by atoms with Crippen molar-refractivity contribution < 1.29 is 62.9 Å². The van der Waals surface area contributed by atoms with E-state index in [1.54, 1.807) is 32.1 Å². The van der Waals surface area contributed by atoms with Gasteiger partial charge in [0.15, 0.2) is 6.10 Å². The Kier molecular flexibility index (Phi) is 14.1. The lowest BCUT2D eigenvalue weighted by atomic mass is 9.74. The Labute approximate surface area is 316 Å². The maximum atomic E-state index is 13.8. The van der Waals surface area contributed by atoms with Gasteiger partial charge in [0.1, 0.15) is 6.10 Å². The smallest absolute Gasteiger partial charge is 0.339 e. The maximum absolute atomic E-state index is 13.8. The monoisotopic (exact) mass is 757 g/mol. The van der Waals surface area contributed by atoms with Crippen molar-refractivity contribution >= 4 is 29.5 Å². The van der Waals surface area contributed by atoms with E-state index in [0.29, 0.717) is 12.1 Å². The Morgan fingerprint density at radius 2 is 1.69 bits per heavy atom. The summed E-state index contributed by atoms with van der Waals surface area (Å²) in [5, 5.41) is 36.5. The minimum Gasteiger partial charge on any atom is -0.466 e. The number of aliphatic hydroxyl groups excluding tert-OH is 2. The number of aliphatic hydroxyl groups is 3. The molecule has 6 bridgehead atoms. The Morgan fingerprint density at radius 1 is 0.981 bits per heavy atom. The van der Waals surface area contributed by atoms with Crippen molar-refractivity contribution in [2.75, 3.05) is 19.0 Å². The fraction of sp³-hybridized carbons (Fsp3) is 0.650.